The fourth-order valence-electron chi connectivity index (χ4n) is 1.96. The molecular weight excluding hydrogens is 234 g/mol. The Labute approximate surface area is 104 Å². The number of hydrogen-bond donors (Lipinski definition) is 1. The number of allylic oxidation sites excluding steroid dienone is 2. The number of carbonyl (C=O) groups excluding carboxylic acids is 1. The van der Waals surface area contributed by atoms with E-state index in [1.54, 1.807) is 36.7 Å². The highest BCUT2D eigenvalue weighted by molar-refractivity contribution is 5.81. The number of carboxylic acids is 1. The van der Waals surface area contributed by atoms with Crippen molar-refractivity contribution in [2.24, 2.45) is 11.8 Å². The molecular formula is C13H14NO4+. The maximum atomic E-state index is 11.9. The minimum atomic E-state index is -0.959. The Hall–Kier alpha value is -2.17. The Bertz CT molecular complexity index is 469. The molecule has 2 rings (SSSR count). The molecule has 18 heavy (non-hydrogen) atoms. The van der Waals surface area contributed by atoms with E-state index in [9.17, 15) is 9.59 Å². The summed E-state index contributed by atoms with van der Waals surface area (Å²) in [7, 11) is 0. The quantitative estimate of drug-likeness (QED) is 0.628. The van der Waals surface area contributed by atoms with Gasteiger partial charge in [-0.2, -0.15) is 4.84 Å². The second-order valence-electron chi connectivity index (χ2n) is 4.14. The summed E-state index contributed by atoms with van der Waals surface area (Å²) < 4.78 is 1.28. The number of carboxylic acid groups (broad SMARTS) is 1. The zero-order valence-electron chi connectivity index (χ0n) is 9.73. The van der Waals surface area contributed by atoms with E-state index in [1.165, 1.54) is 4.73 Å². The lowest BCUT2D eigenvalue weighted by Crippen LogP contribution is -2.49. The van der Waals surface area contributed by atoms with E-state index in [-0.39, 0.29) is 0 Å². The third-order valence-electron chi connectivity index (χ3n) is 2.94. The van der Waals surface area contributed by atoms with Gasteiger partial charge in [-0.3, -0.25) is 4.79 Å². The second-order valence-corrected chi connectivity index (χ2v) is 4.14. The minimum absolute atomic E-state index is 0.370. The van der Waals surface area contributed by atoms with Gasteiger partial charge in [-0.1, -0.05) is 18.2 Å². The molecule has 2 atom stereocenters. The fraction of sp³-hybridized carbons (Fsp3) is 0.308. The van der Waals surface area contributed by atoms with Crippen LogP contribution in [0, 0.1) is 11.8 Å². The molecule has 0 aromatic carbocycles. The molecule has 0 saturated carbocycles. The fourth-order valence-corrected chi connectivity index (χ4v) is 1.96. The molecule has 1 aliphatic carbocycles. The van der Waals surface area contributed by atoms with E-state index >= 15 is 0 Å². The highest BCUT2D eigenvalue weighted by atomic mass is 16.7. The van der Waals surface area contributed by atoms with Crippen molar-refractivity contribution >= 4 is 11.9 Å². The number of aliphatic carboxylic acids is 1. The number of aromatic nitrogens is 1. The Morgan fingerprint density at radius 1 is 1.06 bits per heavy atom. The van der Waals surface area contributed by atoms with Crippen molar-refractivity contribution in [3.05, 3.63) is 42.7 Å². The van der Waals surface area contributed by atoms with E-state index in [0.29, 0.717) is 12.8 Å². The first kappa shape index (κ1) is 12.3. The molecule has 1 N–H and O–H groups in total. The van der Waals surface area contributed by atoms with Crippen molar-refractivity contribution in [3.8, 4) is 0 Å². The molecule has 0 spiro atoms. The van der Waals surface area contributed by atoms with Gasteiger partial charge < -0.3 is 5.11 Å². The second kappa shape index (κ2) is 5.44. The van der Waals surface area contributed by atoms with Crippen molar-refractivity contribution in [3.63, 3.8) is 0 Å². The van der Waals surface area contributed by atoms with Gasteiger partial charge >= 0.3 is 11.9 Å². The summed E-state index contributed by atoms with van der Waals surface area (Å²) in [5, 5.41) is 9.08. The van der Waals surface area contributed by atoms with E-state index < -0.39 is 23.8 Å². The Kier molecular flexibility index (Phi) is 3.72. The normalized spacial score (nSPS) is 22.4. The molecule has 2 unspecified atom stereocenters. The first-order chi connectivity index (χ1) is 8.68. The van der Waals surface area contributed by atoms with Crippen molar-refractivity contribution in [1.82, 2.24) is 0 Å². The van der Waals surface area contributed by atoms with Crippen LogP contribution in [-0.2, 0) is 9.59 Å². The van der Waals surface area contributed by atoms with Gasteiger partial charge in [0.2, 0.25) is 12.4 Å². The lowest BCUT2D eigenvalue weighted by atomic mass is 9.83. The Morgan fingerprint density at radius 3 is 2.28 bits per heavy atom. The van der Waals surface area contributed by atoms with Crippen LogP contribution >= 0.6 is 0 Å². The Morgan fingerprint density at radius 2 is 1.67 bits per heavy atom. The SMILES string of the molecule is O=C(O)C1CC=CCC1C(=O)O[n+]1ccccc1. The van der Waals surface area contributed by atoms with Gasteiger partial charge in [-0.25, -0.2) is 4.79 Å². The molecule has 0 saturated heterocycles. The molecule has 0 fully saturated rings. The van der Waals surface area contributed by atoms with E-state index in [0.717, 1.165) is 0 Å². The topological polar surface area (TPSA) is 67.5 Å². The number of rotatable bonds is 3. The van der Waals surface area contributed by atoms with Crippen molar-refractivity contribution in [1.29, 1.82) is 0 Å². The molecule has 5 heteroatoms. The summed E-state index contributed by atoms with van der Waals surface area (Å²) in [6.07, 6.45) is 7.57. The maximum Gasteiger partial charge on any atom is 0.384 e. The third kappa shape index (κ3) is 2.74. The largest absolute Gasteiger partial charge is 0.481 e. The van der Waals surface area contributed by atoms with E-state index in [2.05, 4.69) is 0 Å². The molecule has 0 bridgehead atoms. The predicted octanol–water partition coefficient (Wildman–Crippen LogP) is 0.596. The van der Waals surface area contributed by atoms with Crippen LogP contribution in [0.5, 0.6) is 0 Å². The van der Waals surface area contributed by atoms with Crippen molar-refractivity contribution < 1.29 is 24.3 Å². The Balaban J connectivity index is 2.08. The highest BCUT2D eigenvalue weighted by Gasteiger charge is 2.37. The monoisotopic (exact) mass is 248 g/mol. The van der Waals surface area contributed by atoms with Gasteiger partial charge in [0.25, 0.3) is 0 Å². The summed E-state index contributed by atoms with van der Waals surface area (Å²) in [5.41, 5.74) is 0. The van der Waals surface area contributed by atoms with Crippen LogP contribution in [0.2, 0.25) is 0 Å². The average molecular weight is 248 g/mol. The van der Waals surface area contributed by atoms with Crippen molar-refractivity contribution in [2.45, 2.75) is 12.8 Å². The first-order valence-electron chi connectivity index (χ1n) is 5.75. The number of pyridine rings is 1. The lowest BCUT2D eigenvalue weighted by Gasteiger charge is -2.21. The lowest BCUT2D eigenvalue weighted by molar-refractivity contribution is -0.870. The number of carbonyl (C=O) groups is 2. The summed E-state index contributed by atoms with van der Waals surface area (Å²) in [4.78, 5) is 28.1. The van der Waals surface area contributed by atoms with Gasteiger partial charge in [-0.05, 0) is 12.8 Å². The smallest absolute Gasteiger partial charge is 0.384 e. The number of hydrogen-bond acceptors (Lipinski definition) is 3. The van der Waals surface area contributed by atoms with Crippen LogP contribution in [0.1, 0.15) is 12.8 Å². The van der Waals surface area contributed by atoms with Gasteiger partial charge in [0, 0.05) is 16.9 Å². The molecule has 0 radical (unpaired) electrons. The zero-order valence-corrected chi connectivity index (χ0v) is 9.73. The van der Waals surface area contributed by atoms with Crippen LogP contribution in [0.25, 0.3) is 0 Å². The molecule has 94 valence electrons. The zero-order chi connectivity index (χ0) is 13.0. The molecule has 1 heterocycles. The van der Waals surface area contributed by atoms with E-state index in [4.69, 9.17) is 9.94 Å². The van der Waals surface area contributed by atoms with Crippen LogP contribution in [0.3, 0.4) is 0 Å². The maximum absolute atomic E-state index is 11.9. The van der Waals surface area contributed by atoms with Crippen LogP contribution < -0.4 is 9.57 Å². The highest BCUT2D eigenvalue weighted by Crippen LogP contribution is 2.26. The third-order valence-corrected chi connectivity index (χ3v) is 2.94. The summed E-state index contributed by atoms with van der Waals surface area (Å²) in [6, 6.07) is 5.25. The minimum Gasteiger partial charge on any atom is -0.481 e. The van der Waals surface area contributed by atoms with E-state index in [1.807, 2.05) is 6.08 Å². The summed E-state index contributed by atoms with van der Waals surface area (Å²) in [6.45, 7) is 0. The van der Waals surface area contributed by atoms with Gasteiger partial charge in [0.05, 0.1) is 11.8 Å². The summed E-state index contributed by atoms with van der Waals surface area (Å²) in [5.74, 6) is -2.80. The van der Waals surface area contributed by atoms with Crippen LogP contribution in [0.15, 0.2) is 42.7 Å². The predicted molar refractivity (Wildman–Crippen MR) is 61.2 cm³/mol. The van der Waals surface area contributed by atoms with Gasteiger partial charge in [0.1, 0.15) is 0 Å². The van der Waals surface area contributed by atoms with Crippen molar-refractivity contribution in [2.75, 3.05) is 0 Å². The average Bonchev–Trinajstić information content (AvgIpc) is 2.40. The molecule has 1 aromatic heterocycles. The van der Waals surface area contributed by atoms with Crippen LogP contribution in [-0.4, -0.2) is 17.0 Å². The standard InChI is InChI=1S/C13H13NO4/c15-12(16)10-6-2-3-7-11(10)13(17)18-14-8-4-1-5-9-14/h1-5,8-11H,6-7H2/p+1. The van der Waals surface area contributed by atoms with Gasteiger partial charge in [-0.15, -0.1) is 0 Å². The molecule has 0 amide bonds. The van der Waals surface area contributed by atoms with Gasteiger partial charge in [0.15, 0.2) is 0 Å². The number of nitrogens with zero attached hydrogens (tertiary/aromatic N) is 1. The molecule has 0 aliphatic heterocycles. The molecule has 5 nitrogen and oxygen atoms in total. The summed E-state index contributed by atoms with van der Waals surface area (Å²) >= 11 is 0. The molecule has 1 aromatic rings. The van der Waals surface area contributed by atoms with Crippen LogP contribution in [0.4, 0.5) is 0 Å². The first-order valence-corrected chi connectivity index (χ1v) is 5.75. The molecule has 1 aliphatic rings.